The molecule has 2 fully saturated rings. The smallest absolute Gasteiger partial charge is 0.270 e. The van der Waals surface area contributed by atoms with Crippen LogP contribution in [0.2, 0.25) is 0 Å². The fourth-order valence-corrected chi connectivity index (χ4v) is 2.25. The zero-order chi connectivity index (χ0) is 13.2. The third kappa shape index (κ3) is 3.04. The number of pyridine rings is 1. The van der Waals surface area contributed by atoms with Gasteiger partial charge in [-0.2, -0.15) is 0 Å². The predicted molar refractivity (Wildman–Crippen MR) is 74.4 cm³/mol. The van der Waals surface area contributed by atoms with Crippen LogP contribution >= 0.6 is 0 Å². The minimum Gasteiger partial charge on any atom is -0.354 e. The molecule has 1 amide bonds. The Hall–Kier alpha value is -1.62. The number of hydrogen-bond donors (Lipinski definition) is 1. The van der Waals surface area contributed by atoms with Crippen molar-refractivity contribution in [2.45, 2.75) is 18.9 Å². The van der Waals surface area contributed by atoms with Crippen LogP contribution in [0.4, 0.5) is 5.82 Å². The van der Waals surface area contributed by atoms with E-state index in [0.29, 0.717) is 11.7 Å². The summed E-state index contributed by atoms with van der Waals surface area (Å²) in [6.07, 6.45) is 2.20. The Morgan fingerprint density at radius 1 is 1.26 bits per heavy atom. The van der Waals surface area contributed by atoms with E-state index in [1.165, 1.54) is 0 Å². The summed E-state index contributed by atoms with van der Waals surface area (Å²) < 4.78 is 0. The van der Waals surface area contributed by atoms with Crippen molar-refractivity contribution in [3.05, 3.63) is 23.9 Å². The number of rotatable bonds is 3. The lowest BCUT2D eigenvalue weighted by molar-refractivity contribution is 0.0946. The third-order valence-corrected chi connectivity index (χ3v) is 3.71. The van der Waals surface area contributed by atoms with E-state index >= 15 is 0 Å². The van der Waals surface area contributed by atoms with Crippen LogP contribution < -0.4 is 10.2 Å². The van der Waals surface area contributed by atoms with E-state index in [1.54, 1.807) is 6.07 Å². The van der Waals surface area contributed by atoms with Gasteiger partial charge in [-0.3, -0.25) is 4.79 Å². The summed E-state index contributed by atoms with van der Waals surface area (Å²) in [5.41, 5.74) is 0.531. The van der Waals surface area contributed by atoms with Crippen LogP contribution in [0.15, 0.2) is 18.2 Å². The lowest BCUT2D eigenvalue weighted by Crippen LogP contribution is -2.45. The fraction of sp³-hybridized carbons (Fsp3) is 0.571. The molecule has 1 saturated heterocycles. The van der Waals surface area contributed by atoms with Crippen molar-refractivity contribution in [1.29, 1.82) is 0 Å². The minimum absolute atomic E-state index is 0.0431. The molecule has 2 aliphatic rings. The van der Waals surface area contributed by atoms with Crippen molar-refractivity contribution in [1.82, 2.24) is 15.2 Å². The maximum atomic E-state index is 12.0. The van der Waals surface area contributed by atoms with Gasteiger partial charge >= 0.3 is 0 Å². The second kappa shape index (κ2) is 5.17. The Morgan fingerprint density at radius 2 is 2.00 bits per heavy atom. The molecule has 0 aromatic carbocycles. The van der Waals surface area contributed by atoms with Gasteiger partial charge in [0, 0.05) is 32.2 Å². The van der Waals surface area contributed by atoms with Gasteiger partial charge in [0.25, 0.3) is 5.91 Å². The topological polar surface area (TPSA) is 48.5 Å². The zero-order valence-corrected chi connectivity index (χ0v) is 11.3. The van der Waals surface area contributed by atoms with Gasteiger partial charge < -0.3 is 15.1 Å². The number of aromatic nitrogens is 1. The second-order valence-corrected chi connectivity index (χ2v) is 5.42. The van der Waals surface area contributed by atoms with Gasteiger partial charge in [-0.25, -0.2) is 4.98 Å². The van der Waals surface area contributed by atoms with Gasteiger partial charge in [-0.15, -0.1) is 0 Å². The molecule has 0 spiro atoms. The molecule has 5 heteroatoms. The Labute approximate surface area is 113 Å². The van der Waals surface area contributed by atoms with Crippen LogP contribution in [0.1, 0.15) is 23.3 Å². The molecule has 1 aromatic rings. The van der Waals surface area contributed by atoms with Gasteiger partial charge in [-0.1, -0.05) is 6.07 Å². The lowest BCUT2D eigenvalue weighted by Gasteiger charge is -2.33. The minimum atomic E-state index is -0.0431. The van der Waals surface area contributed by atoms with Crippen LogP contribution in [0.5, 0.6) is 0 Å². The molecule has 3 rings (SSSR count). The van der Waals surface area contributed by atoms with Crippen molar-refractivity contribution < 1.29 is 4.79 Å². The Kier molecular flexibility index (Phi) is 3.38. The summed E-state index contributed by atoms with van der Waals surface area (Å²) in [6.45, 7) is 4.02. The average Bonchev–Trinajstić information content (AvgIpc) is 3.24. The Morgan fingerprint density at radius 3 is 2.68 bits per heavy atom. The van der Waals surface area contributed by atoms with E-state index in [9.17, 15) is 4.79 Å². The molecular weight excluding hydrogens is 240 g/mol. The number of anilines is 1. The maximum absolute atomic E-state index is 12.0. The average molecular weight is 260 g/mol. The largest absolute Gasteiger partial charge is 0.354 e. The van der Waals surface area contributed by atoms with E-state index in [0.717, 1.165) is 44.8 Å². The standard InChI is InChI=1S/C14H20N4O/c1-17-7-9-18(10-8-17)13-4-2-3-12(16-13)14(19)15-11-5-6-11/h2-4,11H,5-10H2,1H3,(H,15,19). The van der Waals surface area contributed by atoms with Crippen molar-refractivity contribution >= 4 is 11.7 Å². The first-order chi connectivity index (χ1) is 9.22. The molecule has 0 radical (unpaired) electrons. The molecule has 1 aliphatic carbocycles. The van der Waals surface area contributed by atoms with E-state index in [4.69, 9.17) is 0 Å². The molecule has 0 bridgehead atoms. The van der Waals surface area contributed by atoms with E-state index < -0.39 is 0 Å². The highest BCUT2D eigenvalue weighted by Crippen LogP contribution is 2.19. The molecule has 19 heavy (non-hydrogen) atoms. The fourth-order valence-electron chi connectivity index (χ4n) is 2.25. The molecule has 5 nitrogen and oxygen atoms in total. The number of nitrogens with zero attached hydrogens (tertiary/aromatic N) is 3. The monoisotopic (exact) mass is 260 g/mol. The van der Waals surface area contributed by atoms with Crippen LogP contribution in [0, 0.1) is 0 Å². The second-order valence-electron chi connectivity index (χ2n) is 5.42. The van der Waals surface area contributed by atoms with Crippen molar-refractivity contribution in [3.8, 4) is 0 Å². The summed E-state index contributed by atoms with van der Waals surface area (Å²) in [5, 5.41) is 2.98. The predicted octanol–water partition coefficient (Wildman–Crippen LogP) is 0.726. The number of hydrogen-bond acceptors (Lipinski definition) is 4. The van der Waals surface area contributed by atoms with Crippen molar-refractivity contribution in [2.75, 3.05) is 38.1 Å². The summed E-state index contributed by atoms with van der Waals surface area (Å²) in [7, 11) is 2.13. The molecule has 0 atom stereocenters. The van der Waals surface area contributed by atoms with E-state index in [1.807, 2.05) is 12.1 Å². The molecule has 0 unspecified atom stereocenters. The first-order valence-electron chi connectivity index (χ1n) is 6.94. The van der Waals surface area contributed by atoms with Crippen LogP contribution in [0.3, 0.4) is 0 Å². The van der Waals surface area contributed by atoms with E-state index in [-0.39, 0.29) is 5.91 Å². The highest BCUT2D eigenvalue weighted by molar-refractivity contribution is 5.93. The number of amides is 1. The van der Waals surface area contributed by atoms with Crippen LogP contribution in [0.25, 0.3) is 0 Å². The van der Waals surface area contributed by atoms with Crippen LogP contribution in [-0.2, 0) is 0 Å². The Balaban J connectivity index is 1.70. The quantitative estimate of drug-likeness (QED) is 0.870. The van der Waals surface area contributed by atoms with Gasteiger partial charge in [0.15, 0.2) is 0 Å². The number of likely N-dealkylation sites (N-methyl/N-ethyl adjacent to an activating group) is 1. The number of carbonyl (C=O) groups is 1. The first-order valence-corrected chi connectivity index (χ1v) is 6.94. The van der Waals surface area contributed by atoms with Gasteiger partial charge in [0.05, 0.1) is 0 Å². The van der Waals surface area contributed by atoms with E-state index in [2.05, 4.69) is 27.1 Å². The highest BCUT2D eigenvalue weighted by Gasteiger charge is 2.24. The van der Waals surface area contributed by atoms with Crippen molar-refractivity contribution in [3.63, 3.8) is 0 Å². The number of carbonyl (C=O) groups excluding carboxylic acids is 1. The number of nitrogens with one attached hydrogen (secondary N) is 1. The molecular formula is C14H20N4O. The molecule has 2 heterocycles. The maximum Gasteiger partial charge on any atom is 0.270 e. The third-order valence-electron chi connectivity index (χ3n) is 3.71. The normalized spacial score (nSPS) is 20.4. The highest BCUT2D eigenvalue weighted by atomic mass is 16.2. The SMILES string of the molecule is CN1CCN(c2cccc(C(=O)NC3CC3)n2)CC1. The molecule has 1 aromatic heterocycles. The van der Waals surface area contributed by atoms with Gasteiger partial charge in [0.1, 0.15) is 11.5 Å². The molecule has 1 N–H and O–H groups in total. The zero-order valence-electron chi connectivity index (χ0n) is 11.3. The molecule has 1 saturated carbocycles. The summed E-state index contributed by atoms with van der Waals surface area (Å²) >= 11 is 0. The first kappa shape index (κ1) is 12.4. The lowest BCUT2D eigenvalue weighted by atomic mass is 10.3. The molecule has 1 aliphatic heterocycles. The van der Waals surface area contributed by atoms with Gasteiger partial charge in [-0.05, 0) is 32.0 Å². The van der Waals surface area contributed by atoms with Crippen molar-refractivity contribution in [2.24, 2.45) is 0 Å². The van der Waals surface area contributed by atoms with Gasteiger partial charge in [0.2, 0.25) is 0 Å². The summed E-state index contributed by atoms with van der Waals surface area (Å²) in [4.78, 5) is 21.0. The molecule has 102 valence electrons. The number of piperazine rings is 1. The summed E-state index contributed by atoms with van der Waals surface area (Å²) in [5.74, 6) is 0.870. The van der Waals surface area contributed by atoms with Crippen LogP contribution in [-0.4, -0.2) is 55.1 Å². The summed E-state index contributed by atoms with van der Waals surface area (Å²) in [6, 6.07) is 6.07. The Bertz CT molecular complexity index is 464.